The van der Waals surface area contributed by atoms with E-state index in [-0.39, 0.29) is 22.8 Å². The first-order chi connectivity index (χ1) is 13.8. The summed E-state index contributed by atoms with van der Waals surface area (Å²) in [4.78, 5) is 25.1. The van der Waals surface area contributed by atoms with Gasteiger partial charge in [0.15, 0.2) is 5.11 Å². The van der Waals surface area contributed by atoms with E-state index in [4.69, 9.17) is 12.2 Å². The smallest absolute Gasteiger partial charge is 0.261 e. The number of carbonyl (C=O) groups is 2. The molecule has 6 nitrogen and oxygen atoms in total. The van der Waals surface area contributed by atoms with Crippen LogP contribution in [0.4, 0.5) is 4.39 Å². The minimum absolute atomic E-state index is 0.134. The normalized spacial score (nSPS) is 11.5. The molecule has 0 bridgehead atoms. The van der Waals surface area contributed by atoms with Crippen LogP contribution in [0.3, 0.4) is 0 Å². The number of nitrogens with one attached hydrogen (secondary N) is 4. The number of halogens is 1. The predicted molar refractivity (Wildman–Crippen MR) is 114 cm³/mol. The first-order valence-electron chi connectivity index (χ1n) is 9.22. The number of benzene rings is 2. The lowest BCUT2D eigenvalue weighted by atomic mass is 10.0. The van der Waals surface area contributed by atoms with E-state index in [1.807, 2.05) is 32.9 Å². The molecule has 1 atom stereocenters. The van der Waals surface area contributed by atoms with E-state index in [9.17, 15) is 14.0 Å². The van der Waals surface area contributed by atoms with Crippen molar-refractivity contribution in [3.05, 3.63) is 71.0 Å². The molecule has 0 aliphatic heterocycles. The molecule has 8 heteroatoms. The first-order valence-corrected chi connectivity index (χ1v) is 9.63. The summed E-state index contributed by atoms with van der Waals surface area (Å²) in [6.45, 7) is 5.90. The highest BCUT2D eigenvalue weighted by Crippen LogP contribution is 2.09. The molecule has 0 heterocycles. The lowest BCUT2D eigenvalue weighted by Crippen LogP contribution is -2.55. The van der Waals surface area contributed by atoms with Gasteiger partial charge in [0.25, 0.3) is 11.8 Å². The van der Waals surface area contributed by atoms with Gasteiger partial charge >= 0.3 is 0 Å². The van der Waals surface area contributed by atoms with Crippen LogP contribution in [-0.4, -0.2) is 23.0 Å². The molecule has 29 heavy (non-hydrogen) atoms. The van der Waals surface area contributed by atoms with Crippen LogP contribution in [-0.2, 0) is 11.3 Å². The maximum Gasteiger partial charge on any atom is 0.261 e. The van der Waals surface area contributed by atoms with Gasteiger partial charge in [0.05, 0.1) is 0 Å². The van der Waals surface area contributed by atoms with Gasteiger partial charge < -0.3 is 10.6 Å². The van der Waals surface area contributed by atoms with Gasteiger partial charge in [-0.1, -0.05) is 44.2 Å². The third-order valence-electron chi connectivity index (χ3n) is 4.29. The molecule has 2 aromatic carbocycles. The standard InChI is InChI=1S/C21H25FN4O2S/c1-13(2)18(24-19(27)17-7-5-4-6-14(17)3)20(28)25-26-21(29)23-12-15-8-10-16(22)11-9-15/h4-11,13,18H,12H2,1-3H3,(H,24,27)(H,25,28)(H2,23,26,29)/t18-/m0/s1. The van der Waals surface area contributed by atoms with Crippen molar-refractivity contribution in [2.24, 2.45) is 5.92 Å². The lowest BCUT2D eigenvalue weighted by molar-refractivity contribution is -0.124. The topological polar surface area (TPSA) is 82.3 Å². The molecular weight excluding hydrogens is 391 g/mol. The molecule has 0 aliphatic rings. The van der Waals surface area contributed by atoms with Crippen molar-refractivity contribution >= 4 is 29.1 Å². The minimum atomic E-state index is -0.741. The Morgan fingerprint density at radius 2 is 1.69 bits per heavy atom. The molecule has 0 spiro atoms. The molecule has 2 rings (SSSR count). The van der Waals surface area contributed by atoms with Crippen molar-refractivity contribution in [1.82, 2.24) is 21.5 Å². The molecule has 0 unspecified atom stereocenters. The SMILES string of the molecule is Cc1ccccc1C(=O)N[C@H](C(=O)NNC(=S)NCc1ccc(F)cc1)C(C)C. The van der Waals surface area contributed by atoms with Gasteiger partial charge in [-0.05, 0) is 54.4 Å². The number of rotatable bonds is 6. The highest BCUT2D eigenvalue weighted by atomic mass is 32.1. The summed E-state index contributed by atoms with van der Waals surface area (Å²) in [6.07, 6.45) is 0. The van der Waals surface area contributed by atoms with Crippen LogP contribution in [0.1, 0.15) is 35.3 Å². The second kappa shape index (κ2) is 10.5. The average Bonchev–Trinajstić information content (AvgIpc) is 2.69. The van der Waals surface area contributed by atoms with Gasteiger partial charge in [-0.25, -0.2) is 4.39 Å². The zero-order valence-corrected chi connectivity index (χ0v) is 17.4. The Labute approximate surface area is 175 Å². The third kappa shape index (κ3) is 6.83. The van der Waals surface area contributed by atoms with E-state index in [0.29, 0.717) is 12.1 Å². The van der Waals surface area contributed by atoms with Crippen LogP contribution in [0.5, 0.6) is 0 Å². The Kier molecular flexibility index (Phi) is 8.09. The number of hydrazine groups is 1. The summed E-state index contributed by atoms with van der Waals surface area (Å²) >= 11 is 5.13. The van der Waals surface area contributed by atoms with Crippen molar-refractivity contribution in [2.45, 2.75) is 33.4 Å². The van der Waals surface area contributed by atoms with Crippen molar-refractivity contribution < 1.29 is 14.0 Å². The maximum absolute atomic E-state index is 12.9. The van der Waals surface area contributed by atoms with Crippen LogP contribution in [0.25, 0.3) is 0 Å². The molecule has 154 valence electrons. The summed E-state index contributed by atoms with van der Waals surface area (Å²) in [5, 5.41) is 5.89. The van der Waals surface area contributed by atoms with Crippen LogP contribution in [0.2, 0.25) is 0 Å². The van der Waals surface area contributed by atoms with Crippen LogP contribution in [0.15, 0.2) is 48.5 Å². The molecule has 2 amide bonds. The minimum Gasteiger partial charge on any atom is -0.357 e. The van der Waals surface area contributed by atoms with E-state index in [1.165, 1.54) is 12.1 Å². The largest absolute Gasteiger partial charge is 0.357 e. The van der Waals surface area contributed by atoms with Crippen LogP contribution in [0, 0.1) is 18.7 Å². The molecule has 2 aromatic rings. The average molecular weight is 417 g/mol. The monoisotopic (exact) mass is 416 g/mol. The summed E-state index contributed by atoms with van der Waals surface area (Å²) < 4.78 is 12.9. The van der Waals surface area contributed by atoms with E-state index < -0.39 is 11.9 Å². The molecular formula is C21H25FN4O2S. The van der Waals surface area contributed by atoms with Crippen LogP contribution < -0.4 is 21.5 Å². The quantitative estimate of drug-likeness (QED) is 0.430. The maximum atomic E-state index is 12.9. The lowest BCUT2D eigenvalue weighted by Gasteiger charge is -2.22. The molecule has 0 aromatic heterocycles. The van der Waals surface area contributed by atoms with E-state index >= 15 is 0 Å². The Morgan fingerprint density at radius 1 is 1.03 bits per heavy atom. The molecule has 0 radical (unpaired) electrons. The number of thiocarbonyl (C=S) groups is 1. The van der Waals surface area contributed by atoms with Gasteiger partial charge in [-0.2, -0.15) is 0 Å². The predicted octanol–water partition coefficient (Wildman–Crippen LogP) is 2.58. The Bertz CT molecular complexity index is 871. The number of hydrogen-bond donors (Lipinski definition) is 4. The zero-order valence-electron chi connectivity index (χ0n) is 16.6. The van der Waals surface area contributed by atoms with Gasteiger partial charge in [-0.15, -0.1) is 0 Å². The Hall–Kier alpha value is -3.00. The van der Waals surface area contributed by atoms with Crippen molar-refractivity contribution in [1.29, 1.82) is 0 Å². The first kappa shape index (κ1) is 22.3. The summed E-state index contributed by atoms with van der Waals surface area (Å²) in [7, 11) is 0. The number of hydrogen-bond acceptors (Lipinski definition) is 3. The Balaban J connectivity index is 1.87. The van der Waals surface area contributed by atoms with Gasteiger partial charge in [0, 0.05) is 12.1 Å². The van der Waals surface area contributed by atoms with Crippen molar-refractivity contribution in [2.75, 3.05) is 0 Å². The van der Waals surface area contributed by atoms with Gasteiger partial charge in [0.2, 0.25) is 0 Å². The van der Waals surface area contributed by atoms with E-state index in [0.717, 1.165) is 11.1 Å². The molecule has 4 N–H and O–H groups in total. The second-order valence-corrected chi connectivity index (χ2v) is 7.34. The van der Waals surface area contributed by atoms with Gasteiger partial charge in [0.1, 0.15) is 11.9 Å². The fourth-order valence-electron chi connectivity index (χ4n) is 2.61. The van der Waals surface area contributed by atoms with Gasteiger partial charge in [-0.3, -0.25) is 20.4 Å². The summed E-state index contributed by atoms with van der Waals surface area (Å²) in [6, 6.07) is 12.4. The highest BCUT2D eigenvalue weighted by Gasteiger charge is 2.25. The van der Waals surface area contributed by atoms with Crippen LogP contribution >= 0.6 is 12.2 Å². The van der Waals surface area contributed by atoms with E-state index in [2.05, 4.69) is 21.5 Å². The fraction of sp³-hybridized carbons (Fsp3) is 0.286. The number of aryl methyl sites for hydroxylation is 1. The summed E-state index contributed by atoms with van der Waals surface area (Å²) in [5.74, 6) is -1.17. The highest BCUT2D eigenvalue weighted by molar-refractivity contribution is 7.80. The molecule has 0 saturated heterocycles. The zero-order chi connectivity index (χ0) is 21.4. The summed E-state index contributed by atoms with van der Waals surface area (Å²) in [5.41, 5.74) is 7.33. The molecule has 0 saturated carbocycles. The fourth-order valence-corrected chi connectivity index (χ4v) is 2.73. The van der Waals surface area contributed by atoms with E-state index in [1.54, 1.807) is 24.3 Å². The molecule has 0 aliphatic carbocycles. The third-order valence-corrected chi connectivity index (χ3v) is 4.54. The number of amides is 2. The Morgan fingerprint density at radius 3 is 2.31 bits per heavy atom. The number of carbonyl (C=O) groups excluding carboxylic acids is 2. The van der Waals surface area contributed by atoms with Crippen molar-refractivity contribution in [3.8, 4) is 0 Å². The molecule has 0 fully saturated rings. The second-order valence-electron chi connectivity index (χ2n) is 6.93. The van der Waals surface area contributed by atoms with Crippen molar-refractivity contribution in [3.63, 3.8) is 0 Å².